The minimum absolute atomic E-state index is 0.154. The smallest absolute Gasteiger partial charge is 0.251 e. The van der Waals surface area contributed by atoms with Crippen LogP contribution in [-0.2, 0) is 4.79 Å². The molecule has 0 saturated carbocycles. The summed E-state index contributed by atoms with van der Waals surface area (Å²) in [7, 11) is 0. The van der Waals surface area contributed by atoms with Gasteiger partial charge in [-0.3, -0.25) is 20.2 Å². The number of carbonyl (C=O) groups excluding carboxylic acids is 2. The molecule has 3 aromatic rings. The largest absolute Gasteiger partial charge is 0.370 e. The van der Waals surface area contributed by atoms with Crippen molar-refractivity contribution in [1.29, 1.82) is 5.41 Å². The average molecular weight is 488 g/mol. The van der Waals surface area contributed by atoms with E-state index in [1.807, 2.05) is 0 Å². The summed E-state index contributed by atoms with van der Waals surface area (Å²) in [6.07, 6.45) is 3.63. The lowest BCUT2D eigenvalue weighted by Crippen LogP contribution is -2.24. The Bertz CT molecular complexity index is 1120. The Kier molecular flexibility index (Phi) is 10.0. The summed E-state index contributed by atoms with van der Waals surface area (Å²) >= 11 is 0. The first-order chi connectivity index (χ1) is 17.5. The first-order valence-corrected chi connectivity index (χ1v) is 12.0. The molecule has 2 aliphatic carbocycles. The number of amides is 2. The number of anilines is 1. The normalized spacial score (nSPS) is 11.4. The third-order valence-electron chi connectivity index (χ3n) is 5.88. The van der Waals surface area contributed by atoms with E-state index in [1.54, 1.807) is 29.7 Å². The van der Waals surface area contributed by atoms with Crippen LogP contribution in [0.3, 0.4) is 0 Å². The Morgan fingerprint density at radius 2 is 1.47 bits per heavy atom. The topological polar surface area (TPSA) is 140 Å². The molecule has 3 aromatic carbocycles. The summed E-state index contributed by atoms with van der Waals surface area (Å²) < 4.78 is 0. The second-order valence-electron chi connectivity index (χ2n) is 8.58. The minimum atomic E-state index is -0.374. The van der Waals surface area contributed by atoms with Gasteiger partial charge in [0.25, 0.3) is 5.91 Å². The molecule has 188 valence electrons. The van der Waals surface area contributed by atoms with Crippen LogP contribution in [0.1, 0.15) is 65.1 Å². The zero-order valence-corrected chi connectivity index (χ0v) is 20.2. The number of unbranched alkanes of at least 4 members (excludes halogenated alkanes) is 3. The Morgan fingerprint density at radius 3 is 2.08 bits per heavy atom. The van der Waals surface area contributed by atoms with Gasteiger partial charge in [0.1, 0.15) is 0 Å². The van der Waals surface area contributed by atoms with Gasteiger partial charge in [0.2, 0.25) is 5.91 Å². The van der Waals surface area contributed by atoms with Gasteiger partial charge in [-0.05, 0) is 53.8 Å². The maximum atomic E-state index is 11.9. The second-order valence-corrected chi connectivity index (χ2v) is 8.58. The molecule has 8 nitrogen and oxygen atoms in total. The van der Waals surface area contributed by atoms with Crippen molar-refractivity contribution in [2.24, 2.45) is 5.73 Å². The molecule has 5 rings (SSSR count). The van der Waals surface area contributed by atoms with Gasteiger partial charge in [-0.15, -0.1) is 0 Å². The molecule has 0 heterocycles. The standard InChI is InChI=1S/C15H23N5O3.C13H10/c16-15(17)19-12-8-6-11(7-9-12)14(22)18-10-4-2-1-3-5-13(21)20-23;1-2-5-10(6-3-1)13-11-7-4-8-12(13)9-11/h6-9,23H,1-5,10H2,(H,18,22)(H,20,21)(H4,16,17,19);1-9,13H. The van der Waals surface area contributed by atoms with E-state index in [-0.39, 0.29) is 17.8 Å². The molecule has 0 saturated heterocycles. The van der Waals surface area contributed by atoms with Crippen LogP contribution in [0.2, 0.25) is 0 Å². The van der Waals surface area contributed by atoms with Crippen LogP contribution < -0.4 is 21.8 Å². The molecule has 0 aliphatic heterocycles. The van der Waals surface area contributed by atoms with E-state index in [1.165, 1.54) is 16.7 Å². The Labute approximate surface area is 211 Å². The van der Waals surface area contributed by atoms with Crippen LogP contribution in [0.25, 0.3) is 0 Å². The first-order valence-electron chi connectivity index (χ1n) is 12.0. The van der Waals surface area contributed by atoms with Crippen LogP contribution >= 0.6 is 0 Å². The van der Waals surface area contributed by atoms with Crippen molar-refractivity contribution in [2.45, 2.75) is 38.0 Å². The Hall–Kier alpha value is -4.17. The third kappa shape index (κ3) is 7.95. The molecule has 0 aromatic heterocycles. The number of fused-ring (bicyclic) bond motifs is 2. The van der Waals surface area contributed by atoms with E-state index in [9.17, 15) is 9.59 Å². The fourth-order valence-corrected chi connectivity index (χ4v) is 4.03. The molecule has 0 atom stereocenters. The zero-order chi connectivity index (χ0) is 25.8. The summed E-state index contributed by atoms with van der Waals surface area (Å²) in [5, 5.41) is 20.9. The maximum absolute atomic E-state index is 11.9. The van der Waals surface area contributed by atoms with Gasteiger partial charge in [-0.25, -0.2) is 5.48 Å². The van der Waals surface area contributed by atoms with Gasteiger partial charge in [0.15, 0.2) is 5.96 Å². The summed E-state index contributed by atoms with van der Waals surface area (Å²) in [5.74, 6) is -0.120. The second kappa shape index (κ2) is 13.7. The lowest BCUT2D eigenvalue weighted by Gasteiger charge is -2.27. The summed E-state index contributed by atoms with van der Waals surface area (Å²) in [6.45, 7) is 0.568. The fourth-order valence-electron chi connectivity index (χ4n) is 4.03. The van der Waals surface area contributed by atoms with E-state index in [4.69, 9.17) is 16.4 Å². The van der Waals surface area contributed by atoms with Crippen molar-refractivity contribution >= 4 is 23.5 Å². The molecule has 0 spiro atoms. The van der Waals surface area contributed by atoms with Crippen molar-refractivity contribution in [3.8, 4) is 0 Å². The van der Waals surface area contributed by atoms with Gasteiger partial charge in [-0.1, -0.05) is 67.4 Å². The number of rotatable bonds is 10. The molecule has 7 N–H and O–H groups in total. The number of guanidine groups is 1. The van der Waals surface area contributed by atoms with E-state index in [2.05, 4.69) is 65.2 Å². The fraction of sp³-hybridized carbons (Fsp3) is 0.250. The van der Waals surface area contributed by atoms with Crippen LogP contribution in [0.5, 0.6) is 0 Å². The number of hydroxylamine groups is 1. The highest BCUT2D eigenvalue weighted by atomic mass is 16.5. The summed E-state index contributed by atoms with van der Waals surface area (Å²) in [6, 6.07) is 26.2. The molecule has 2 amide bonds. The van der Waals surface area contributed by atoms with E-state index in [0.29, 0.717) is 36.6 Å². The van der Waals surface area contributed by atoms with Gasteiger partial charge in [0, 0.05) is 30.1 Å². The van der Waals surface area contributed by atoms with E-state index < -0.39 is 0 Å². The number of benzene rings is 3. The van der Waals surface area contributed by atoms with E-state index >= 15 is 0 Å². The molecule has 0 fully saturated rings. The lowest BCUT2D eigenvalue weighted by atomic mass is 9.76. The molecule has 8 heteroatoms. The lowest BCUT2D eigenvalue weighted by molar-refractivity contribution is -0.129. The Balaban J connectivity index is 0.000000230. The average Bonchev–Trinajstić information content (AvgIpc) is 2.89. The molecule has 2 bridgehead atoms. The van der Waals surface area contributed by atoms with Crippen LogP contribution in [0.4, 0.5) is 5.69 Å². The number of carbonyl (C=O) groups is 2. The number of hydrogen-bond acceptors (Lipinski definition) is 4. The first kappa shape index (κ1) is 26.4. The predicted octanol–water partition coefficient (Wildman–Crippen LogP) is 4.36. The minimum Gasteiger partial charge on any atom is -0.370 e. The van der Waals surface area contributed by atoms with Gasteiger partial charge < -0.3 is 16.4 Å². The van der Waals surface area contributed by atoms with Crippen LogP contribution in [0, 0.1) is 5.41 Å². The highest BCUT2D eigenvalue weighted by molar-refractivity contribution is 5.95. The zero-order valence-electron chi connectivity index (χ0n) is 20.2. The van der Waals surface area contributed by atoms with Gasteiger partial charge >= 0.3 is 0 Å². The van der Waals surface area contributed by atoms with Gasteiger partial charge in [0.05, 0.1) is 0 Å². The highest BCUT2D eigenvalue weighted by Gasteiger charge is 2.23. The third-order valence-corrected chi connectivity index (χ3v) is 5.88. The molecule has 0 radical (unpaired) electrons. The summed E-state index contributed by atoms with van der Waals surface area (Å²) in [4.78, 5) is 22.7. The van der Waals surface area contributed by atoms with Crippen molar-refractivity contribution in [1.82, 2.24) is 10.8 Å². The molecular weight excluding hydrogens is 454 g/mol. The maximum Gasteiger partial charge on any atom is 0.251 e. The van der Waals surface area contributed by atoms with Crippen molar-refractivity contribution in [3.63, 3.8) is 0 Å². The molecule has 36 heavy (non-hydrogen) atoms. The molecule has 0 unspecified atom stereocenters. The summed E-state index contributed by atoms with van der Waals surface area (Å²) in [5.41, 5.74) is 12.3. The van der Waals surface area contributed by atoms with Crippen molar-refractivity contribution in [3.05, 3.63) is 101 Å². The Morgan fingerprint density at radius 1 is 0.833 bits per heavy atom. The van der Waals surface area contributed by atoms with Crippen LogP contribution in [-0.4, -0.2) is 29.5 Å². The number of hydrogen-bond donors (Lipinski definition) is 6. The van der Waals surface area contributed by atoms with Crippen molar-refractivity contribution in [2.75, 3.05) is 11.9 Å². The number of nitrogens with two attached hydrogens (primary N) is 1. The van der Waals surface area contributed by atoms with E-state index in [0.717, 1.165) is 19.3 Å². The quantitative estimate of drug-likeness (QED) is 0.0648. The predicted molar refractivity (Wildman–Crippen MR) is 141 cm³/mol. The SMILES string of the molecule is C1=CC2=CC(=C1)C2c1ccccc1.N=C(N)Nc1ccc(C(=O)NCCCCCCC(=O)NO)cc1. The van der Waals surface area contributed by atoms with Crippen molar-refractivity contribution < 1.29 is 14.8 Å². The number of nitrogens with one attached hydrogen (secondary N) is 4. The van der Waals surface area contributed by atoms with Gasteiger partial charge in [-0.2, -0.15) is 0 Å². The monoisotopic (exact) mass is 487 g/mol. The molecule has 2 aliphatic rings. The highest BCUT2D eigenvalue weighted by Crippen LogP contribution is 2.39. The molecular formula is C28H33N5O3. The van der Waals surface area contributed by atoms with Crippen LogP contribution in [0.15, 0.2) is 78.9 Å².